The lowest BCUT2D eigenvalue weighted by molar-refractivity contribution is 0.0920. The van der Waals surface area contributed by atoms with E-state index in [1.165, 1.54) is 11.3 Å². The summed E-state index contributed by atoms with van der Waals surface area (Å²) in [4.78, 5) is 12.3. The molecule has 0 aliphatic heterocycles. The summed E-state index contributed by atoms with van der Waals surface area (Å²) < 4.78 is 0. The van der Waals surface area contributed by atoms with E-state index < -0.39 is 6.10 Å². The third-order valence-electron chi connectivity index (χ3n) is 2.46. The van der Waals surface area contributed by atoms with Crippen LogP contribution in [0, 0.1) is 0 Å². The maximum atomic E-state index is 11.7. The minimum Gasteiger partial charge on any atom is -0.387 e. The molecule has 0 saturated carbocycles. The molecule has 0 bridgehead atoms. The summed E-state index contributed by atoms with van der Waals surface area (Å²) in [5.41, 5.74) is 0.728. The second-order valence-corrected chi connectivity index (χ2v) is 5.14. The number of thiophene rings is 1. The number of hydrogen-bond acceptors (Lipinski definition) is 3. The Kier molecular flexibility index (Phi) is 4.36. The number of hydrogen-bond donors (Lipinski definition) is 2. The number of amides is 1. The molecule has 1 aromatic heterocycles. The zero-order valence-electron chi connectivity index (χ0n) is 9.47. The number of benzene rings is 1. The van der Waals surface area contributed by atoms with Gasteiger partial charge in [-0.25, -0.2) is 0 Å². The summed E-state index contributed by atoms with van der Waals surface area (Å²) in [5, 5.41) is 15.0. The van der Waals surface area contributed by atoms with Crippen LogP contribution in [0.4, 0.5) is 0 Å². The minimum atomic E-state index is -0.730. The van der Waals surface area contributed by atoms with Crippen LogP contribution in [-0.2, 0) is 0 Å². The Hall–Kier alpha value is -1.36. The number of rotatable bonds is 4. The molecule has 1 atom stereocenters. The Bertz CT molecular complexity index is 510. The van der Waals surface area contributed by atoms with Crippen molar-refractivity contribution < 1.29 is 9.90 Å². The van der Waals surface area contributed by atoms with Crippen LogP contribution >= 0.6 is 22.9 Å². The summed E-state index contributed by atoms with van der Waals surface area (Å²) in [6.45, 7) is 0.179. The van der Waals surface area contributed by atoms with Gasteiger partial charge in [-0.2, -0.15) is 0 Å². The van der Waals surface area contributed by atoms with Gasteiger partial charge in [0.15, 0.2) is 0 Å². The standard InChI is InChI=1S/C13H12ClNO2S/c14-10-5-3-9(4-6-10)11(16)8-15-13(17)12-2-1-7-18-12/h1-7,11,16H,8H2,(H,15,17). The summed E-state index contributed by atoms with van der Waals surface area (Å²) in [6.07, 6.45) is -0.730. The fraction of sp³-hybridized carbons (Fsp3) is 0.154. The van der Waals surface area contributed by atoms with Crippen LogP contribution in [-0.4, -0.2) is 17.6 Å². The fourth-order valence-electron chi connectivity index (χ4n) is 1.49. The maximum absolute atomic E-state index is 11.7. The van der Waals surface area contributed by atoms with Crippen molar-refractivity contribution in [3.8, 4) is 0 Å². The number of aliphatic hydroxyl groups is 1. The highest BCUT2D eigenvalue weighted by Gasteiger charge is 2.11. The summed E-state index contributed by atoms with van der Waals surface area (Å²) in [5.74, 6) is -0.169. The van der Waals surface area contributed by atoms with Crippen LogP contribution in [0.25, 0.3) is 0 Å². The summed E-state index contributed by atoms with van der Waals surface area (Å²) in [7, 11) is 0. The molecule has 94 valence electrons. The summed E-state index contributed by atoms with van der Waals surface area (Å²) >= 11 is 7.13. The molecule has 2 rings (SSSR count). The van der Waals surface area contributed by atoms with E-state index in [9.17, 15) is 9.90 Å². The van der Waals surface area contributed by atoms with E-state index in [4.69, 9.17) is 11.6 Å². The normalized spacial score (nSPS) is 12.1. The van der Waals surface area contributed by atoms with E-state index in [-0.39, 0.29) is 12.5 Å². The van der Waals surface area contributed by atoms with Crippen LogP contribution in [0.2, 0.25) is 5.02 Å². The van der Waals surface area contributed by atoms with E-state index in [2.05, 4.69) is 5.32 Å². The molecule has 1 unspecified atom stereocenters. The molecule has 0 aliphatic carbocycles. The van der Waals surface area contributed by atoms with Crippen molar-refractivity contribution in [3.05, 3.63) is 57.2 Å². The smallest absolute Gasteiger partial charge is 0.261 e. The lowest BCUT2D eigenvalue weighted by Crippen LogP contribution is -2.27. The van der Waals surface area contributed by atoms with Crippen molar-refractivity contribution in [3.63, 3.8) is 0 Å². The van der Waals surface area contributed by atoms with Gasteiger partial charge < -0.3 is 10.4 Å². The van der Waals surface area contributed by atoms with Gasteiger partial charge in [0.1, 0.15) is 0 Å². The molecular formula is C13H12ClNO2S. The van der Waals surface area contributed by atoms with E-state index in [1.54, 1.807) is 30.3 Å². The molecule has 5 heteroatoms. The predicted octanol–water partition coefficient (Wildman–Crippen LogP) is 2.86. The van der Waals surface area contributed by atoms with Crippen LogP contribution in [0.15, 0.2) is 41.8 Å². The third kappa shape index (κ3) is 3.32. The Morgan fingerprint density at radius 2 is 2.06 bits per heavy atom. The van der Waals surface area contributed by atoms with Crippen molar-refractivity contribution in [2.75, 3.05) is 6.54 Å². The van der Waals surface area contributed by atoms with Crippen molar-refractivity contribution in [2.45, 2.75) is 6.10 Å². The first-order chi connectivity index (χ1) is 8.66. The molecule has 0 saturated heterocycles. The van der Waals surface area contributed by atoms with Crippen LogP contribution < -0.4 is 5.32 Å². The third-order valence-corrected chi connectivity index (χ3v) is 3.58. The molecule has 1 heterocycles. The van der Waals surface area contributed by atoms with Gasteiger partial charge in [-0.15, -0.1) is 11.3 Å². The van der Waals surface area contributed by atoms with Gasteiger partial charge in [-0.3, -0.25) is 4.79 Å². The zero-order chi connectivity index (χ0) is 13.0. The van der Waals surface area contributed by atoms with Gasteiger partial charge in [-0.05, 0) is 29.1 Å². The van der Waals surface area contributed by atoms with Crippen LogP contribution in [0.5, 0.6) is 0 Å². The molecule has 0 radical (unpaired) electrons. The van der Waals surface area contributed by atoms with Gasteiger partial charge in [-0.1, -0.05) is 29.8 Å². The number of halogens is 1. The molecule has 1 amide bonds. The Labute approximate surface area is 114 Å². The van der Waals surface area contributed by atoms with Crippen molar-refractivity contribution >= 4 is 28.8 Å². The van der Waals surface area contributed by atoms with Crippen molar-refractivity contribution in [1.29, 1.82) is 0 Å². The molecule has 0 fully saturated rings. The first kappa shape index (κ1) is 13.1. The van der Waals surface area contributed by atoms with Gasteiger partial charge in [0, 0.05) is 11.6 Å². The lowest BCUT2D eigenvalue weighted by atomic mass is 10.1. The van der Waals surface area contributed by atoms with Crippen molar-refractivity contribution in [1.82, 2.24) is 5.32 Å². The Morgan fingerprint density at radius 1 is 1.33 bits per heavy atom. The van der Waals surface area contributed by atoms with E-state index in [0.29, 0.717) is 9.90 Å². The minimum absolute atomic E-state index is 0.169. The van der Waals surface area contributed by atoms with Crippen molar-refractivity contribution in [2.24, 2.45) is 0 Å². The molecule has 0 spiro atoms. The molecular weight excluding hydrogens is 270 g/mol. The van der Waals surface area contributed by atoms with Gasteiger partial charge in [0.05, 0.1) is 11.0 Å². The second-order valence-electron chi connectivity index (χ2n) is 3.75. The zero-order valence-corrected chi connectivity index (χ0v) is 11.0. The topological polar surface area (TPSA) is 49.3 Å². The fourth-order valence-corrected chi connectivity index (χ4v) is 2.25. The second kappa shape index (κ2) is 6.00. The molecule has 0 aliphatic rings. The lowest BCUT2D eigenvalue weighted by Gasteiger charge is -2.11. The van der Waals surface area contributed by atoms with Crippen LogP contribution in [0.1, 0.15) is 21.3 Å². The molecule has 2 N–H and O–H groups in total. The molecule has 18 heavy (non-hydrogen) atoms. The highest BCUT2D eigenvalue weighted by Crippen LogP contribution is 2.16. The van der Waals surface area contributed by atoms with Gasteiger partial charge >= 0.3 is 0 Å². The Balaban J connectivity index is 1.90. The predicted molar refractivity (Wildman–Crippen MR) is 73.1 cm³/mol. The SMILES string of the molecule is O=C(NCC(O)c1ccc(Cl)cc1)c1cccs1. The molecule has 2 aromatic rings. The average molecular weight is 282 g/mol. The molecule has 1 aromatic carbocycles. The highest BCUT2D eigenvalue weighted by atomic mass is 35.5. The van der Waals surface area contributed by atoms with Gasteiger partial charge in [0.2, 0.25) is 0 Å². The number of carbonyl (C=O) groups excluding carboxylic acids is 1. The monoisotopic (exact) mass is 281 g/mol. The quantitative estimate of drug-likeness (QED) is 0.905. The first-order valence-corrected chi connectivity index (χ1v) is 6.68. The summed E-state index contributed by atoms with van der Waals surface area (Å²) in [6, 6.07) is 10.5. The van der Waals surface area contributed by atoms with Gasteiger partial charge in [0.25, 0.3) is 5.91 Å². The number of carbonyl (C=O) groups is 1. The Morgan fingerprint density at radius 3 is 2.67 bits per heavy atom. The van der Waals surface area contributed by atoms with E-state index >= 15 is 0 Å². The van der Waals surface area contributed by atoms with E-state index in [0.717, 1.165) is 5.56 Å². The molecule has 3 nitrogen and oxygen atoms in total. The highest BCUT2D eigenvalue weighted by molar-refractivity contribution is 7.12. The van der Waals surface area contributed by atoms with E-state index in [1.807, 2.05) is 11.4 Å². The number of nitrogens with one attached hydrogen (secondary N) is 1. The first-order valence-electron chi connectivity index (χ1n) is 5.42. The maximum Gasteiger partial charge on any atom is 0.261 e. The average Bonchev–Trinajstić information content (AvgIpc) is 2.90. The largest absolute Gasteiger partial charge is 0.387 e. The van der Waals surface area contributed by atoms with Crippen LogP contribution in [0.3, 0.4) is 0 Å². The number of aliphatic hydroxyl groups excluding tert-OH is 1.